The Labute approximate surface area is 181 Å². The van der Waals surface area contributed by atoms with Crippen LogP contribution in [0.15, 0.2) is 24.3 Å². The van der Waals surface area contributed by atoms with Crippen LogP contribution in [0.2, 0.25) is 0 Å². The fraction of sp³-hybridized carbons (Fsp3) is 0.667. The summed E-state index contributed by atoms with van der Waals surface area (Å²) in [6, 6.07) is 9.65. The lowest BCUT2D eigenvalue weighted by molar-refractivity contribution is 0.0773. The van der Waals surface area contributed by atoms with E-state index in [2.05, 4.69) is 34.2 Å². The maximum absolute atomic E-state index is 12.9. The Morgan fingerprint density at radius 1 is 1.07 bits per heavy atom. The molecule has 28 heavy (non-hydrogen) atoms. The number of likely N-dealkylation sites (tertiary alicyclic amines) is 1. The molecule has 0 spiro atoms. The molecular weight excluding hydrogens is 395 g/mol. The van der Waals surface area contributed by atoms with Gasteiger partial charge in [-0.1, -0.05) is 19.1 Å². The molecule has 1 saturated carbocycles. The van der Waals surface area contributed by atoms with E-state index < -0.39 is 0 Å². The van der Waals surface area contributed by atoms with Gasteiger partial charge in [0.1, 0.15) is 0 Å². The molecule has 158 valence electrons. The zero-order valence-electron chi connectivity index (χ0n) is 16.8. The quantitative estimate of drug-likeness (QED) is 0.755. The third kappa shape index (κ3) is 5.61. The van der Waals surface area contributed by atoms with Crippen LogP contribution in [0, 0.1) is 0 Å². The number of rotatable bonds is 6. The highest BCUT2D eigenvalue weighted by atomic mass is 35.5. The number of piperazine rings is 1. The summed E-state index contributed by atoms with van der Waals surface area (Å²) in [5.74, 6) is 0.198. The van der Waals surface area contributed by atoms with Crippen molar-refractivity contribution >= 4 is 30.7 Å². The first-order chi connectivity index (χ1) is 12.7. The molecule has 2 aliphatic heterocycles. The minimum absolute atomic E-state index is 0. The third-order valence-corrected chi connectivity index (χ3v) is 6.17. The smallest absolute Gasteiger partial charge is 0.253 e. The van der Waals surface area contributed by atoms with E-state index in [1.165, 1.54) is 18.4 Å². The van der Waals surface area contributed by atoms with Crippen molar-refractivity contribution < 1.29 is 4.79 Å². The summed E-state index contributed by atoms with van der Waals surface area (Å²) in [6.45, 7) is 10.5. The lowest BCUT2D eigenvalue weighted by Gasteiger charge is -2.32. The number of hydrogen-bond acceptors (Lipinski definition) is 4. The van der Waals surface area contributed by atoms with E-state index in [9.17, 15) is 4.79 Å². The van der Waals surface area contributed by atoms with Gasteiger partial charge in [-0.3, -0.25) is 14.6 Å². The molecule has 3 aliphatic rings. The van der Waals surface area contributed by atoms with E-state index in [-0.39, 0.29) is 30.7 Å². The molecule has 3 fully saturated rings. The normalized spacial score (nSPS) is 22.6. The second-order valence-electron chi connectivity index (χ2n) is 7.97. The van der Waals surface area contributed by atoms with Gasteiger partial charge in [0.25, 0.3) is 5.91 Å². The lowest BCUT2D eigenvalue weighted by Crippen LogP contribution is -2.49. The van der Waals surface area contributed by atoms with Crippen molar-refractivity contribution in [2.24, 2.45) is 0 Å². The molecule has 1 aromatic rings. The molecule has 0 aromatic heterocycles. The van der Waals surface area contributed by atoms with Crippen LogP contribution in [0.3, 0.4) is 0 Å². The third-order valence-electron chi connectivity index (χ3n) is 6.17. The molecule has 7 heteroatoms. The van der Waals surface area contributed by atoms with Gasteiger partial charge >= 0.3 is 0 Å². The molecule has 1 unspecified atom stereocenters. The van der Waals surface area contributed by atoms with Crippen molar-refractivity contribution in [2.45, 2.75) is 44.8 Å². The van der Waals surface area contributed by atoms with Crippen LogP contribution in [0.4, 0.5) is 0 Å². The van der Waals surface area contributed by atoms with E-state index in [0.717, 1.165) is 70.4 Å². The Morgan fingerprint density at radius 2 is 1.75 bits per heavy atom. The Balaban J connectivity index is 0.00000140. The molecular formula is C21H34Cl2N4O. The highest BCUT2D eigenvalue weighted by molar-refractivity contribution is 5.94. The topological polar surface area (TPSA) is 38.8 Å². The number of hydrogen-bond donors (Lipinski definition) is 1. The number of nitrogens with zero attached hydrogens (tertiary/aromatic N) is 3. The number of halogens is 2. The monoisotopic (exact) mass is 428 g/mol. The summed E-state index contributed by atoms with van der Waals surface area (Å²) in [5, 5.41) is 3.41. The van der Waals surface area contributed by atoms with Gasteiger partial charge < -0.3 is 10.2 Å². The highest BCUT2D eigenvalue weighted by Crippen LogP contribution is 2.28. The van der Waals surface area contributed by atoms with E-state index >= 15 is 0 Å². The van der Waals surface area contributed by atoms with E-state index in [0.29, 0.717) is 6.04 Å². The van der Waals surface area contributed by atoms with Crippen molar-refractivity contribution in [2.75, 3.05) is 45.8 Å². The minimum Gasteiger partial charge on any atom is -0.337 e. The van der Waals surface area contributed by atoms with Crippen LogP contribution in [-0.4, -0.2) is 78.5 Å². The molecule has 1 N–H and O–H groups in total. The van der Waals surface area contributed by atoms with Crippen LogP contribution in [0.1, 0.15) is 42.1 Å². The fourth-order valence-electron chi connectivity index (χ4n) is 4.38. The van der Waals surface area contributed by atoms with Crippen LogP contribution < -0.4 is 5.32 Å². The van der Waals surface area contributed by atoms with Crippen molar-refractivity contribution in [3.63, 3.8) is 0 Å². The zero-order chi connectivity index (χ0) is 17.9. The first kappa shape index (κ1) is 23.4. The molecule has 2 heterocycles. The predicted octanol–water partition coefficient (Wildman–Crippen LogP) is 2.63. The summed E-state index contributed by atoms with van der Waals surface area (Å²) in [5.41, 5.74) is 2.15. The molecule has 0 radical (unpaired) electrons. The van der Waals surface area contributed by atoms with Crippen molar-refractivity contribution in [1.29, 1.82) is 0 Å². The second-order valence-corrected chi connectivity index (χ2v) is 7.97. The molecule has 1 atom stereocenters. The van der Waals surface area contributed by atoms with Crippen LogP contribution in [-0.2, 0) is 6.54 Å². The zero-order valence-corrected chi connectivity index (χ0v) is 18.4. The average Bonchev–Trinajstić information content (AvgIpc) is 3.42. The predicted molar refractivity (Wildman–Crippen MR) is 119 cm³/mol. The number of carbonyl (C=O) groups excluding carboxylic acids is 1. The number of amides is 1. The van der Waals surface area contributed by atoms with Gasteiger partial charge in [-0.2, -0.15) is 0 Å². The van der Waals surface area contributed by atoms with Gasteiger partial charge in [0, 0.05) is 63.5 Å². The molecule has 2 saturated heterocycles. The maximum Gasteiger partial charge on any atom is 0.253 e. The minimum atomic E-state index is 0. The number of carbonyl (C=O) groups is 1. The summed E-state index contributed by atoms with van der Waals surface area (Å²) >= 11 is 0. The summed E-state index contributed by atoms with van der Waals surface area (Å²) in [4.78, 5) is 20.0. The van der Waals surface area contributed by atoms with Crippen molar-refractivity contribution in [3.05, 3.63) is 35.4 Å². The van der Waals surface area contributed by atoms with Gasteiger partial charge in [-0.25, -0.2) is 0 Å². The molecule has 4 rings (SSSR count). The Hall–Kier alpha value is -0.850. The second kappa shape index (κ2) is 10.8. The molecule has 0 bridgehead atoms. The SMILES string of the molecule is CCN(Cc1ccc(C(=O)N2CCC(N3CCNCC3)C2)cc1)C1CC1.Cl.Cl. The van der Waals surface area contributed by atoms with Crippen LogP contribution >= 0.6 is 24.8 Å². The Bertz CT molecular complexity index is 617. The Kier molecular flexibility index (Phi) is 9.03. The summed E-state index contributed by atoms with van der Waals surface area (Å²) in [6.07, 6.45) is 3.79. The van der Waals surface area contributed by atoms with E-state index in [1.54, 1.807) is 0 Å². The molecule has 5 nitrogen and oxygen atoms in total. The average molecular weight is 429 g/mol. The summed E-state index contributed by atoms with van der Waals surface area (Å²) in [7, 11) is 0. The van der Waals surface area contributed by atoms with Gasteiger partial charge in [0.2, 0.25) is 0 Å². The number of nitrogens with one attached hydrogen (secondary N) is 1. The first-order valence-electron chi connectivity index (χ1n) is 10.3. The summed E-state index contributed by atoms with van der Waals surface area (Å²) < 4.78 is 0. The highest BCUT2D eigenvalue weighted by Gasteiger charge is 2.31. The maximum atomic E-state index is 12.9. The van der Waals surface area contributed by atoms with Crippen molar-refractivity contribution in [3.8, 4) is 0 Å². The largest absolute Gasteiger partial charge is 0.337 e. The van der Waals surface area contributed by atoms with Gasteiger partial charge in [-0.15, -0.1) is 24.8 Å². The van der Waals surface area contributed by atoms with E-state index in [1.807, 2.05) is 17.0 Å². The van der Waals surface area contributed by atoms with Crippen LogP contribution in [0.25, 0.3) is 0 Å². The van der Waals surface area contributed by atoms with Crippen LogP contribution in [0.5, 0.6) is 0 Å². The van der Waals surface area contributed by atoms with Gasteiger partial charge in [-0.05, 0) is 43.5 Å². The standard InChI is InChI=1S/C21H32N4O.2ClH/c1-2-23(19-7-8-19)15-17-3-5-18(6-4-17)21(26)25-12-9-20(16-25)24-13-10-22-11-14-24;;/h3-6,19-20,22H,2,7-16H2,1H3;2*1H. The lowest BCUT2D eigenvalue weighted by atomic mass is 10.1. The molecule has 1 aromatic carbocycles. The first-order valence-corrected chi connectivity index (χ1v) is 10.3. The molecule has 1 aliphatic carbocycles. The molecule has 1 amide bonds. The Morgan fingerprint density at radius 3 is 2.36 bits per heavy atom. The number of benzene rings is 1. The van der Waals surface area contributed by atoms with Crippen molar-refractivity contribution in [1.82, 2.24) is 20.0 Å². The van der Waals surface area contributed by atoms with Gasteiger partial charge in [0.05, 0.1) is 0 Å². The van der Waals surface area contributed by atoms with Gasteiger partial charge in [0.15, 0.2) is 0 Å². The van der Waals surface area contributed by atoms with E-state index in [4.69, 9.17) is 0 Å². The fourth-order valence-corrected chi connectivity index (χ4v) is 4.38.